The second-order valence-electron chi connectivity index (χ2n) is 3.94. The Morgan fingerprint density at radius 2 is 1.93 bits per heavy atom. The third-order valence-corrected chi connectivity index (χ3v) is 2.38. The zero-order valence-electron chi connectivity index (χ0n) is 9.80. The quantitative estimate of drug-likeness (QED) is 0.618. The van der Waals surface area contributed by atoms with Crippen LogP contribution in [0.4, 0.5) is 0 Å². The third-order valence-electron chi connectivity index (χ3n) is 2.38. The number of methoxy groups -OCH3 is 2. The molecule has 5 heteroatoms. The Labute approximate surface area is 92.6 Å². The molecule has 2 radical (unpaired) electrons. The summed E-state index contributed by atoms with van der Waals surface area (Å²) in [7, 11) is 9.08. The van der Waals surface area contributed by atoms with Gasteiger partial charge in [0.15, 0.2) is 0 Å². The van der Waals surface area contributed by atoms with Crippen molar-refractivity contribution in [1.82, 2.24) is 0 Å². The molecule has 0 aromatic rings. The van der Waals surface area contributed by atoms with Gasteiger partial charge in [0.05, 0.1) is 12.7 Å². The summed E-state index contributed by atoms with van der Waals surface area (Å²) < 4.78 is 21.6. The summed E-state index contributed by atoms with van der Waals surface area (Å²) in [6.07, 6.45) is -0.445. The summed E-state index contributed by atoms with van der Waals surface area (Å²) in [5, 5.41) is 0. The second-order valence-corrected chi connectivity index (χ2v) is 3.94. The molecule has 1 aliphatic rings. The van der Waals surface area contributed by atoms with Crippen molar-refractivity contribution in [2.24, 2.45) is 0 Å². The Morgan fingerprint density at radius 1 is 1.27 bits per heavy atom. The first kappa shape index (κ1) is 13.0. The highest BCUT2D eigenvalue weighted by atomic mass is 16.6. The standard InChI is InChI=1S/C10H19BO4/c1-6(2)14-9-8(13-4)7(5-12-3)15-10(9)11/h6-10H,5H2,1-4H3/t7-,8+,9?,10-/m1/s1. The summed E-state index contributed by atoms with van der Waals surface area (Å²) in [6, 6.07) is -0.447. The van der Waals surface area contributed by atoms with Gasteiger partial charge in [0.2, 0.25) is 0 Å². The lowest BCUT2D eigenvalue weighted by Gasteiger charge is -2.24. The summed E-state index contributed by atoms with van der Waals surface area (Å²) in [5.41, 5.74) is 0. The zero-order chi connectivity index (χ0) is 11.4. The molecule has 0 bridgehead atoms. The van der Waals surface area contributed by atoms with Crippen molar-refractivity contribution in [1.29, 1.82) is 0 Å². The van der Waals surface area contributed by atoms with E-state index in [0.29, 0.717) is 6.61 Å². The van der Waals surface area contributed by atoms with Gasteiger partial charge in [0.1, 0.15) is 26.2 Å². The monoisotopic (exact) mass is 214 g/mol. The average molecular weight is 214 g/mol. The van der Waals surface area contributed by atoms with E-state index in [1.807, 2.05) is 13.8 Å². The highest BCUT2D eigenvalue weighted by molar-refractivity contribution is 6.11. The molecule has 4 atom stereocenters. The summed E-state index contributed by atoms with van der Waals surface area (Å²) >= 11 is 0. The largest absolute Gasteiger partial charge is 0.382 e. The van der Waals surface area contributed by atoms with Crippen molar-refractivity contribution < 1.29 is 18.9 Å². The molecule has 4 nitrogen and oxygen atoms in total. The maximum atomic E-state index is 5.83. The van der Waals surface area contributed by atoms with Gasteiger partial charge in [-0.1, -0.05) is 0 Å². The van der Waals surface area contributed by atoms with Gasteiger partial charge >= 0.3 is 0 Å². The van der Waals surface area contributed by atoms with E-state index < -0.39 is 6.00 Å². The summed E-state index contributed by atoms with van der Waals surface area (Å²) in [5.74, 6) is 0. The Morgan fingerprint density at radius 3 is 2.40 bits per heavy atom. The Hall–Kier alpha value is -0.0951. The molecule has 1 rings (SSSR count). The van der Waals surface area contributed by atoms with Crippen molar-refractivity contribution in [2.75, 3.05) is 20.8 Å². The summed E-state index contributed by atoms with van der Waals surface area (Å²) in [4.78, 5) is 0. The maximum absolute atomic E-state index is 5.83. The fraction of sp³-hybridized carbons (Fsp3) is 1.00. The highest BCUT2D eigenvalue weighted by Gasteiger charge is 2.43. The topological polar surface area (TPSA) is 36.9 Å². The molecule has 1 unspecified atom stereocenters. The first-order valence-corrected chi connectivity index (χ1v) is 5.18. The van der Waals surface area contributed by atoms with Gasteiger partial charge in [-0.3, -0.25) is 0 Å². The molecule has 86 valence electrons. The van der Waals surface area contributed by atoms with Gasteiger partial charge in [0.25, 0.3) is 0 Å². The molecule has 0 spiro atoms. The van der Waals surface area contributed by atoms with Crippen molar-refractivity contribution in [3.8, 4) is 0 Å². The lowest BCUT2D eigenvalue weighted by atomic mass is 9.92. The zero-order valence-corrected chi connectivity index (χ0v) is 9.80. The molecular weight excluding hydrogens is 195 g/mol. The molecule has 0 N–H and O–H groups in total. The molecule has 15 heavy (non-hydrogen) atoms. The molecule has 1 aliphatic heterocycles. The van der Waals surface area contributed by atoms with Gasteiger partial charge in [-0.25, -0.2) is 0 Å². The third kappa shape index (κ3) is 3.18. The minimum atomic E-state index is -0.447. The van der Waals surface area contributed by atoms with Crippen molar-refractivity contribution in [2.45, 2.75) is 44.3 Å². The highest BCUT2D eigenvalue weighted by Crippen LogP contribution is 2.25. The molecule has 0 amide bonds. The first-order valence-electron chi connectivity index (χ1n) is 5.18. The molecule has 0 aromatic heterocycles. The number of rotatable bonds is 5. The number of ether oxygens (including phenoxy) is 4. The summed E-state index contributed by atoms with van der Waals surface area (Å²) in [6.45, 7) is 4.39. The van der Waals surface area contributed by atoms with E-state index in [0.717, 1.165) is 0 Å². The number of hydrogen-bond acceptors (Lipinski definition) is 4. The Bertz CT molecular complexity index is 188. The van der Waals surface area contributed by atoms with E-state index in [-0.39, 0.29) is 24.4 Å². The van der Waals surface area contributed by atoms with Gasteiger partial charge in [-0.15, -0.1) is 0 Å². The van der Waals surface area contributed by atoms with Crippen LogP contribution in [0.25, 0.3) is 0 Å². The lowest BCUT2D eigenvalue weighted by molar-refractivity contribution is -0.0722. The molecule has 1 saturated heterocycles. The van der Waals surface area contributed by atoms with E-state index in [1.54, 1.807) is 14.2 Å². The first-order chi connectivity index (χ1) is 7.10. The van der Waals surface area contributed by atoms with Crippen LogP contribution in [0.15, 0.2) is 0 Å². The van der Waals surface area contributed by atoms with E-state index >= 15 is 0 Å². The second kappa shape index (κ2) is 5.84. The van der Waals surface area contributed by atoms with Crippen LogP contribution in [0.5, 0.6) is 0 Å². The van der Waals surface area contributed by atoms with E-state index in [2.05, 4.69) is 0 Å². The minimum Gasteiger partial charge on any atom is -0.382 e. The van der Waals surface area contributed by atoms with Crippen molar-refractivity contribution in [3.05, 3.63) is 0 Å². The van der Waals surface area contributed by atoms with Crippen LogP contribution >= 0.6 is 0 Å². The van der Waals surface area contributed by atoms with Crippen LogP contribution in [0, 0.1) is 0 Å². The SMILES string of the molecule is [B][C@@H]1O[C@H](COC)[C@H](OC)C1OC(C)C. The fourth-order valence-electron chi connectivity index (χ4n) is 1.81. The van der Waals surface area contributed by atoms with Crippen molar-refractivity contribution in [3.63, 3.8) is 0 Å². The van der Waals surface area contributed by atoms with Gasteiger partial charge in [-0.05, 0) is 13.8 Å². The molecular formula is C10H19BO4. The van der Waals surface area contributed by atoms with Crippen LogP contribution < -0.4 is 0 Å². The molecule has 1 fully saturated rings. The van der Waals surface area contributed by atoms with E-state index in [1.165, 1.54) is 0 Å². The predicted octanol–water partition coefficient (Wildman–Crippen LogP) is 0.335. The van der Waals surface area contributed by atoms with E-state index in [4.69, 9.17) is 26.8 Å². The van der Waals surface area contributed by atoms with Gasteiger partial charge in [0, 0.05) is 20.2 Å². The van der Waals surface area contributed by atoms with Crippen LogP contribution in [0.3, 0.4) is 0 Å². The molecule has 1 heterocycles. The Kier molecular flexibility index (Phi) is 5.05. The van der Waals surface area contributed by atoms with Crippen LogP contribution in [0.2, 0.25) is 0 Å². The average Bonchev–Trinajstić information content (AvgIpc) is 2.43. The van der Waals surface area contributed by atoms with Gasteiger partial charge < -0.3 is 18.9 Å². The normalized spacial score (nSPS) is 36.3. The van der Waals surface area contributed by atoms with Crippen LogP contribution in [0.1, 0.15) is 13.8 Å². The number of hydrogen-bond donors (Lipinski definition) is 0. The molecule has 0 saturated carbocycles. The maximum Gasteiger partial charge on any atom is 0.113 e. The van der Waals surface area contributed by atoms with Gasteiger partial charge in [-0.2, -0.15) is 0 Å². The fourth-order valence-corrected chi connectivity index (χ4v) is 1.81. The minimum absolute atomic E-state index is 0.101. The predicted molar refractivity (Wildman–Crippen MR) is 57.1 cm³/mol. The Balaban J connectivity index is 2.60. The van der Waals surface area contributed by atoms with Crippen molar-refractivity contribution >= 4 is 7.85 Å². The smallest absolute Gasteiger partial charge is 0.113 e. The molecule has 0 aromatic carbocycles. The van der Waals surface area contributed by atoms with E-state index in [9.17, 15) is 0 Å². The molecule has 0 aliphatic carbocycles. The van der Waals surface area contributed by atoms with Crippen LogP contribution in [-0.4, -0.2) is 59.1 Å². The lowest BCUT2D eigenvalue weighted by Crippen LogP contribution is -2.39. The van der Waals surface area contributed by atoms with Crippen LogP contribution in [-0.2, 0) is 18.9 Å².